The molecule has 1 unspecified atom stereocenters. The van der Waals surface area contributed by atoms with Gasteiger partial charge in [-0.2, -0.15) is 0 Å². The van der Waals surface area contributed by atoms with Crippen molar-refractivity contribution < 1.29 is 43.9 Å². The second-order valence-electron chi connectivity index (χ2n) is 21.5. The maximum Gasteiger partial charge on any atom is 0.328 e. The molecule has 6 aliphatic rings. The summed E-state index contributed by atoms with van der Waals surface area (Å²) in [5.74, 6) is -1.70. The van der Waals surface area contributed by atoms with Gasteiger partial charge in [0.2, 0.25) is 0 Å². The van der Waals surface area contributed by atoms with Crippen LogP contribution >= 0.6 is 0 Å². The van der Waals surface area contributed by atoms with Gasteiger partial charge in [0.1, 0.15) is 23.3 Å². The Balaban J connectivity index is 1.12. The number of H-pyrrole nitrogens is 2. The average Bonchev–Trinajstić information content (AvgIpc) is 4.15. The smallest absolute Gasteiger partial charge is 0.328 e. The van der Waals surface area contributed by atoms with Crippen LogP contribution in [0.15, 0.2) is 79.0 Å². The molecule has 6 N–H and O–H groups in total. The molecular weight excluding hydrogens is 901 g/mol. The van der Waals surface area contributed by atoms with E-state index in [4.69, 9.17) is 14.2 Å². The third kappa shape index (κ3) is 6.68. The van der Waals surface area contributed by atoms with E-state index in [9.17, 15) is 20.1 Å². The van der Waals surface area contributed by atoms with Crippen LogP contribution in [0.1, 0.15) is 80.8 Å². The van der Waals surface area contributed by atoms with E-state index in [-0.39, 0.29) is 25.0 Å². The number of nitrogens with zero attached hydrogens (tertiary/aromatic N) is 3. The van der Waals surface area contributed by atoms with Crippen molar-refractivity contribution in [2.75, 3.05) is 65.5 Å². The minimum Gasteiger partial charge on any atom is -0.496 e. The molecule has 7 heterocycles. The molecular formula is C56H68N6O9. The van der Waals surface area contributed by atoms with Crippen molar-refractivity contribution in [3.63, 3.8) is 0 Å². The second-order valence-corrected chi connectivity index (χ2v) is 21.5. The Bertz CT molecular complexity index is 2970. The number of nitrogens with one attached hydrogen (secondary N) is 3. The van der Waals surface area contributed by atoms with Gasteiger partial charge in [0.25, 0.3) is 5.91 Å². The number of benzene rings is 3. The third-order valence-electron chi connectivity index (χ3n) is 18.2. The molecule has 3 aromatic carbocycles. The molecule has 15 nitrogen and oxygen atoms in total. The van der Waals surface area contributed by atoms with Crippen LogP contribution < -0.4 is 15.0 Å². The van der Waals surface area contributed by atoms with Crippen LogP contribution in [-0.2, 0) is 47.5 Å². The molecule has 15 heteroatoms. The normalized spacial score (nSPS) is 33.3. The molecule has 1 amide bonds. The van der Waals surface area contributed by atoms with Gasteiger partial charge in [0, 0.05) is 108 Å². The highest BCUT2D eigenvalue weighted by Crippen LogP contribution is 2.67. The quantitative estimate of drug-likeness (QED) is 0.0767. The van der Waals surface area contributed by atoms with Crippen molar-refractivity contribution >= 4 is 45.3 Å². The van der Waals surface area contributed by atoms with E-state index in [0.29, 0.717) is 88.2 Å². The highest BCUT2D eigenvalue weighted by molar-refractivity contribution is 5.96. The summed E-state index contributed by atoms with van der Waals surface area (Å²) in [7, 11) is 4.88. The van der Waals surface area contributed by atoms with Gasteiger partial charge >= 0.3 is 11.9 Å². The van der Waals surface area contributed by atoms with Crippen molar-refractivity contribution in [2.45, 2.75) is 112 Å². The number of para-hydroxylation sites is 2. The SMILES string of the molecule is CCOC(=O)[C@H](Cc1c[nH]c2ccccc12)NC(=O)[C@]1(O)[C@H](O)[C@]2(CC)C=CCN3CC[C@]4(c5cc([C@]6(C(=O)OC)C[C@H]7CN(CCc8c6[nH]c6ccccc86)C[C@](O)(CC)C7)c(OC)cc5N(C)[C@@H]14)[C@H]32. The fourth-order valence-electron chi connectivity index (χ4n) is 15.3. The molecule has 2 aromatic heterocycles. The minimum atomic E-state index is -2.50. The van der Waals surface area contributed by atoms with Gasteiger partial charge in [-0.1, -0.05) is 62.4 Å². The molecule has 5 aromatic rings. The topological polar surface area (TPSA) is 193 Å². The largest absolute Gasteiger partial charge is 0.496 e. The number of amides is 1. The number of hydrogen-bond donors (Lipinski definition) is 6. The van der Waals surface area contributed by atoms with Gasteiger partial charge in [-0.3, -0.25) is 19.4 Å². The zero-order valence-corrected chi connectivity index (χ0v) is 41.7. The van der Waals surface area contributed by atoms with Crippen LogP contribution in [-0.4, -0.2) is 149 Å². The lowest BCUT2D eigenvalue weighted by Gasteiger charge is -2.63. The Morgan fingerprint density at radius 2 is 1.69 bits per heavy atom. The summed E-state index contributed by atoms with van der Waals surface area (Å²) in [6.45, 7) is 8.93. The van der Waals surface area contributed by atoms with E-state index in [1.807, 2.05) is 92.7 Å². The number of methoxy groups -OCH3 is 2. The van der Waals surface area contributed by atoms with E-state index < -0.39 is 63.5 Å². The molecule has 11 rings (SSSR count). The fraction of sp³-hybridized carbons (Fsp3) is 0.518. The maximum atomic E-state index is 15.7. The van der Waals surface area contributed by atoms with Crippen LogP contribution in [0.3, 0.4) is 0 Å². The number of hydrogen-bond acceptors (Lipinski definition) is 12. The second kappa shape index (κ2) is 17.2. The van der Waals surface area contributed by atoms with Crippen molar-refractivity contribution in [2.24, 2.45) is 11.3 Å². The van der Waals surface area contributed by atoms with E-state index >= 15 is 9.59 Å². The molecule has 376 valence electrons. The lowest BCUT2D eigenvalue weighted by Crippen LogP contribution is -2.82. The number of anilines is 1. The molecule has 1 aliphatic carbocycles. The molecule has 1 spiro atoms. The number of fused-ring (bicyclic) bond motifs is 7. The number of esters is 2. The van der Waals surface area contributed by atoms with Crippen LogP contribution in [0.25, 0.3) is 21.8 Å². The predicted octanol–water partition coefficient (Wildman–Crippen LogP) is 5.02. The molecule has 2 saturated heterocycles. The Labute approximate surface area is 414 Å². The summed E-state index contributed by atoms with van der Waals surface area (Å²) >= 11 is 0. The molecule has 11 atom stereocenters. The summed E-state index contributed by atoms with van der Waals surface area (Å²) in [6, 6.07) is 17.2. The van der Waals surface area contributed by atoms with E-state index in [2.05, 4.69) is 37.2 Å². The van der Waals surface area contributed by atoms with E-state index in [1.54, 1.807) is 14.0 Å². The Morgan fingerprint density at radius 1 is 0.930 bits per heavy atom. The van der Waals surface area contributed by atoms with E-state index in [0.717, 1.165) is 44.2 Å². The number of aliphatic hydroxyl groups excluding tert-OH is 1. The number of aromatic nitrogens is 2. The highest BCUT2D eigenvalue weighted by atomic mass is 16.5. The van der Waals surface area contributed by atoms with Gasteiger partial charge in [-0.15, -0.1) is 0 Å². The van der Waals surface area contributed by atoms with Crippen molar-refractivity contribution in [1.82, 2.24) is 25.1 Å². The maximum absolute atomic E-state index is 15.7. The number of piperidine rings is 1. The minimum absolute atomic E-state index is 0.0716. The monoisotopic (exact) mass is 969 g/mol. The first-order chi connectivity index (χ1) is 34.2. The first-order valence-electron chi connectivity index (χ1n) is 25.6. The standard InChI is InChI=1S/C56H68N6O9/c1-7-52(67)28-33-29-55(51(66)70-6,45-37(19-23-61(31-33)32-52)36-16-11-13-18-41(36)58-45)39-26-38-43(27-44(39)69-5)60(4)48-54(38)21-24-62-22-14-20-53(8-2,47(54)62)49(64)56(48,68)50(65)59-42(46(63)71-9-3)25-34-30-57-40-17-12-10-15-35(34)40/h10-18,20,26-27,30,33,42,47-49,57-58,64,67-68H,7-9,19,21-25,28-29,31-32H2,1-6H3,(H,59,65)/t33-,42-,47+,48+,49+,52-,53+,54-,55+,56+/m0/s1. The van der Waals surface area contributed by atoms with Crippen LogP contribution in [0, 0.1) is 11.3 Å². The molecule has 2 bridgehead atoms. The number of aromatic amines is 2. The number of likely N-dealkylation sites (N-methyl/N-ethyl adjacent to an activating group) is 1. The zero-order chi connectivity index (χ0) is 49.8. The van der Waals surface area contributed by atoms with Gasteiger partial charge in [0.05, 0.1) is 32.5 Å². The summed E-state index contributed by atoms with van der Waals surface area (Å²) in [5.41, 5.74) is -0.692. The fourth-order valence-corrected chi connectivity index (χ4v) is 15.3. The number of carbonyl (C=O) groups excluding carboxylic acids is 3. The van der Waals surface area contributed by atoms with Gasteiger partial charge in [0.15, 0.2) is 5.60 Å². The summed E-state index contributed by atoms with van der Waals surface area (Å²) in [4.78, 5) is 58.9. The Kier molecular flexibility index (Phi) is 11.5. The van der Waals surface area contributed by atoms with E-state index in [1.165, 1.54) is 7.11 Å². The number of ether oxygens (including phenoxy) is 3. The van der Waals surface area contributed by atoms with Gasteiger partial charge < -0.3 is 49.7 Å². The summed E-state index contributed by atoms with van der Waals surface area (Å²) in [6.07, 6.45) is 7.17. The Morgan fingerprint density at radius 3 is 2.42 bits per heavy atom. The first kappa shape index (κ1) is 47.6. The first-order valence-corrected chi connectivity index (χ1v) is 25.6. The number of carbonyl (C=O) groups is 3. The van der Waals surface area contributed by atoms with Crippen molar-refractivity contribution in [1.29, 1.82) is 0 Å². The third-order valence-corrected chi connectivity index (χ3v) is 18.2. The molecule has 71 heavy (non-hydrogen) atoms. The van der Waals surface area contributed by atoms with Crippen LogP contribution in [0.5, 0.6) is 5.75 Å². The number of rotatable bonds is 11. The Hall–Kier alpha value is -5.71. The van der Waals surface area contributed by atoms with Crippen molar-refractivity contribution in [3.05, 3.63) is 107 Å². The van der Waals surface area contributed by atoms with Crippen molar-refractivity contribution in [3.8, 4) is 5.75 Å². The lowest BCUT2D eigenvalue weighted by atomic mass is 9.47. The van der Waals surface area contributed by atoms with Gasteiger partial charge in [-0.05, 0) is 92.8 Å². The summed E-state index contributed by atoms with van der Waals surface area (Å²) in [5, 5.41) is 44.0. The zero-order valence-electron chi connectivity index (χ0n) is 41.7. The van der Waals surface area contributed by atoms with Crippen LogP contribution in [0.4, 0.5) is 5.69 Å². The highest BCUT2D eigenvalue weighted by Gasteiger charge is 2.79. The number of aliphatic hydroxyl groups is 3. The molecule has 0 radical (unpaired) electrons. The molecule has 5 aliphatic heterocycles. The van der Waals surface area contributed by atoms with Gasteiger partial charge in [-0.25, -0.2) is 4.79 Å². The molecule has 3 fully saturated rings. The van der Waals surface area contributed by atoms with Crippen LogP contribution in [0.2, 0.25) is 0 Å². The molecule has 1 saturated carbocycles. The average molecular weight is 969 g/mol. The summed E-state index contributed by atoms with van der Waals surface area (Å²) < 4.78 is 18.0. The lowest BCUT2D eigenvalue weighted by molar-refractivity contribution is -0.204. The predicted molar refractivity (Wildman–Crippen MR) is 269 cm³/mol.